The van der Waals surface area contributed by atoms with E-state index in [-0.39, 0.29) is 12.5 Å². The summed E-state index contributed by atoms with van der Waals surface area (Å²) >= 11 is 6.07. The largest absolute Gasteiger partial charge is 0.390 e. The number of hydrogen-bond acceptors (Lipinski definition) is 5. The summed E-state index contributed by atoms with van der Waals surface area (Å²) in [7, 11) is 0. The summed E-state index contributed by atoms with van der Waals surface area (Å²) in [5.74, 6) is 0.479. The Labute approximate surface area is 175 Å². The molecule has 4 unspecified atom stereocenters. The fourth-order valence-corrected chi connectivity index (χ4v) is 3.86. The minimum absolute atomic E-state index is 0.147. The van der Waals surface area contributed by atoms with Crippen LogP contribution in [0.1, 0.15) is 49.3 Å². The third-order valence-corrected chi connectivity index (χ3v) is 5.42. The monoisotopic (exact) mass is 418 g/mol. The normalized spacial score (nSPS) is 19.7. The number of aliphatic hydroxyl groups excluding tert-OH is 3. The lowest BCUT2D eigenvalue weighted by atomic mass is 9.92. The van der Waals surface area contributed by atoms with E-state index in [1.807, 2.05) is 19.1 Å². The van der Waals surface area contributed by atoms with Crippen LogP contribution in [0.3, 0.4) is 0 Å². The van der Waals surface area contributed by atoms with Gasteiger partial charge < -0.3 is 24.6 Å². The number of halogens is 1. The van der Waals surface area contributed by atoms with Crippen molar-refractivity contribution in [1.29, 1.82) is 0 Å². The topological polar surface area (TPSA) is 87.2 Å². The van der Waals surface area contributed by atoms with Crippen LogP contribution in [0.25, 0.3) is 5.57 Å². The Morgan fingerprint density at radius 1 is 1.38 bits per heavy atom. The number of aliphatic imine (C=N–C) groups is 1. The van der Waals surface area contributed by atoms with Gasteiger partial charge in [-0.05, 0) is 55.2 Å². The summed E-state index contributed by atoms with van der Waals surface area (Å²) in [5.41, 5.74) is 3.58. The summed E-state index contributed by atoms with van der Waals surface area (Å²) in [5, 5.41) is 32.6. The molecule has 0 fully saturated rings. The predicted octanol–water partition coefficient (Wildman–Crippen LogP) is 3.81. The third kappa shape index (κ3) is 4.63. The smallest absolute Gasteiger partial charge is 0.160 e. The lowest BCUT2D eigenvalue weighted by Crippen LogP contribution is -2.36. The quantitative estimate of drug-likeness (QED) is 0.596. The molecule has 156 valence electrons. The van der Waals surface area contributed by atoms with E-state index >= 15 is 0 Å². The second kappa shape index (κ2) is 9.24. The van der Waals surface area contributed by atoms with E-state index in [0.717, 1.165) is 28.7 Å². The Balaban J connectivity index is 1.78. The highest BCUT2D eigenvalue weighted by Crippen LogP contribution is 2.35. The molecule has 0 radical (unpaired) electrons. The maximum Gasteiger partial charge on any atom is 0.160 e. The van der Waals surface area contributed by atoms with Crippen LogP contribution >= 0.6 is 11.6 Å². The second-order valence-corrected chi connectivity index (χ2v) is 7.72. The first-order chi connectivity index (χ1) is 13.8. The molecule has 7 heteroatoms. The predicted molar refractivity (Wildman–Crippen MR) is 115 cm³/mol. The van der Waals surface area contributed by atoms with Crippen LogP contribution in [0.4, 0.5) is 5.82 Å². The highest BCUT2D eigenvalue weighted by atomic mass is 35.5. The van der Waals surface area contributed by atoms with Crippen molar-refractivity contribution in [2.75, 3.05) is 6.61 Å². The van der Waals surface area contributed by atoms with Crippen LogP contribution in [0.5, 0.6) is 0 Å². The molecular formula is C22H27ClN2O4. The van der Waals surface area contributed by atoms with Crippen molar-refractivity contribution >= 4 is 29.2 Å². The van der Waals surface area contributed by atoms with Crippen LogP contribution in [0, 0.1) is 0 Å². The Bertz CT molecular complexity index is 908. The van der Waals surface area contributed by atoms with E-state index in [1.54, 1.807) is 31.5 Å². The van der Waals surface area contributed by atoms with Crippen molar-refractivity contribution in [3.05, 3.63) is 58.8 Å². The van der Waals surface area contributed by atoms with Crippen LogP contribution < -0.4 is 0 Å². The van der Waals surface area contributed by atoms with Gasteiger partial charge in [-0.3, -0.25) is 0 Å². The second-order valence-electron chi connectivity index (χ2n) is 7.29. The molecule has 0 bridgehead atoms. The van der Waals surface area contributed by atoms with Gasteiger partial charge >= 0.3 is 0 Å². The van der Waals surface area contributed by atoms with Crippen molar-refractivity contribution in [2.24, 2.45) is 4.99 Å². The lowest BCUT2D eigenvalue weighted by Gasteiger charge is -2.31. The van der Waals surface area contributed by atoms with E-state index in [2.05, 4.69) is 11.6 Å². The maximum atomic E-state index is 10.7. The fourth-order valence-electron chi connectivity index (χ4n) is 3.67. The van der Waals surface area contributed by atoms with Gasteiger partial charge in [0, 0.05) is 29.4 Å². The zero-order chi connectivity index (χ0) is 21.1. The van der Waals surface area contributed by atoms with Crippen molar-refractivity contribution < 1.29 is 20.1 Å². The van der Waals surface area contributed by atoms with E-state index in [4.69, 9.17) is 16.3 Å². The van der Waals surface area contributed by atoms with Crippen molar-refractivity contribution in [3.63, 3.8) is 0 Å². The molecule has 4 atom stereocenters. The molecule has 29 heavy (non-hydrogen) atoms. The highest BCUT2D eigenvalue weighted by Gasteiger charge is 2.32. The number of nitrogens with zero attached hydrogens (tertiary/aromatic N) is 2. The van der Waals surface area contributed by atoms with Crippen molar-refractivity contribution in [3.8, 4) is 0 Å². The number of ether oxygens (including phenoxy) is 1. The van der Waals surface area contributed by atoms with Gasteiger partial charge in [-0.1, -0.05) is 24.2 Å². The van der Waals surface area contributed by atoms with Gasteiger partial charge in [0.25, 0.3) is 0 Å². The van der Waals surface area contributed by atoms with Crippen LogP contribution in [0.15, 0.2) is 42.0 Å². The van der Waals surface area contributed by atoms with E-state index in [9.17, 15) is 15.3 Å². The maximum absolute atomic E-state index is 10.7. The lowest BCUT2D eigenvalue weighted by molar-refractivity contribution is -0.107. The standard InChI is InChI=1S/C22H27ClN2O4/c1-4-24-21-16(13(2)3)7-9-25(21)22(28)20(27)18(26)12-19-17-6-5-15(23)11-14(17)8-10-29-19/h4-7,9,11,18-20,22,26-28H,2,8,10,12H2,1,3H3/b24-4-. The molecule has 0 saturated carbocycles. The number of aromatic nitrogens is 1. The minimum atomic E-state index is -1.42. The van der Waals surface area contributed by atoms with Crippen molar-refractivity contribution in [2.45, 2.75) is 51.2 Å². The SMILES string of the molecule is C=C(C)c1ccn(C(O)C(O)C(O)CC2OCCc3cc(Cl)ccc32)c1/N=C\C. The average Bonchev–Trinajstić information content (AvgIpc) is 3.11. The molecule has 0 aliphatic carbocycles. The molecule has 0 saturated heterocycles. The van der Waals surface area contributed by atoms with E-state index in [0.29, 0.717) is 17.4 Å². The molecule has 1 aliphatic rings. The number of hydrogen-bond donors (Lipinski definition) is 3. The number of benzene rings is 1. The van der Waals surface area contributed by atoms with Gasteiger partial charge in [0.2, 0.25) is 0 Å². The molecule has 3 N–H and O–H groups in total. The molecule has 2 aromatic rings. The molecular weight excluding hydrogens is 392 g/mol. The molecule has 0 amide bonds. The molecule has 3 rings (SSSR count). The Kier molecular flexibility index (Phi) is 6.93. The molecule has 1 aliphatic heterocycles. The zero-order valence-corrected chi connectivity index (χ0v) is 17.4. The van der Waals surface area contributed by atoms with Gasteiger partial charge in [-0.15, -0.1) is 0 Å². The first-order valence-corrected chi connectivity index (χ1v) is 10.0. The Morgan fingerprint density at radius 3 is 2.83 bits per heavy atom. The highest BCUT2D eigenvalue weighted by molar-refractivity contribution is 6.30. The van der Waals surface area contributed by atoms with Crippen LogP contribution in [-0.4, -0.2) is 44.9 Å². The summed E-state index contributed by atoms with van der Waals surface area (Å²) in [4.78, 5) is 4.29. The summed E-state index contributed by atoms with van der Waals surface area (Å²) < 4.78 is 7.25. The Hall–Kier alpha value is -1.96. The molecule has 1 aromatic heterocycles. The Morgan fingerprint density at radius 2 is 2.14 bits per heavy atom. The van der Waals surface area contributed by atoms with Gasteiger partial charge in [-0.2, -0.15) is 0 Å². The van der Waals surface area contributed by atoms with E-state index < -0.39 is 18.4 Å². The first-order valence-electron chi connectivity index (χ1n) is 9.63. The minimum Gasteiger partial charge on any atom is -0.390 e. The number of allylic oxidation sites excluding steroid dienone is 1. The summed E-state index contributed by atoms with van der Waals surface area (Å²) in [6.07, 6.45) is -0.250. The average molecular weight is 419 g/mol. The third-order valence-electron chi connectivity index (χ3n) is 5.18. The molecule has 1 aromatic carbocycles. The van der Waals surface area contributed by atoms with Crippen LogP contribution in [-0.2, 0) is 11.2 Å². The summed E-state index contributed by atoms with van der Waals surface area (Å²) in [6.45, 7) is 8.04. The number of aliphatic hydroxyl groups is 3. The van der Waals surface area contributed by atoms with Crippen LogP contribution in [0.2, 0.25) is 5.02 Å². The van der Waals surface area contributed by atoms with Gasteiger partial charge in [0.05, 0.1) is 18.8 Å². The first kappa shape index (κ1) is 21.7. The molecule has 0 spiro atoms. The number of fused-ring (bicyclic) bond motifs is 1. The molecule has 2 heterocycles. The summed E-state index contributed by atoms with van der Waals surface area (Å²) in [6, 6.07) is 7.35. The van der Waals surface area contributed by atoms with Gasteiger partial charge in [0.15, 0.2) is 6.23 Å². The van der Waals surface area contributed by atoms with Crippen molar-refractivity contribution in [1.82, 2.24) is 4.57 Å². The van der Waals surface area contributed by atoms with E-state index in [1.165, 1.54) is 4.57 Å². The van der Waals surface area contributed by atoms with Gasteiger partial charge in [-0.25, -0.2) is 4.99 Å². The van der Waals surface area contributed by atoms with Gasteiger partial charge in [0.1, 0.15) is 11.9 Å². The molecule has 6 nitrogen and oxygen atoms in total. The number of rotatable bonds is 7. The zero-order valence-electron chi connectivity index (χ0n) is 16.6. The fraction of sp³-hybridized carbons (Fsp3) is 0.409.